The molecule has 3 N–H and O–H groups in total. The van der Waals surface area contributed by atoms with E-state index in [4.69, 9.17) is 5.73 Å². The maximum Gasteiger partial charge on any atom is 0.234 e. The lowest BCUT2D eigenvalue weighted by atomic mass is 10.0. The van der Waals surface area contributed by atoms with Crippen molar-refractivity contribution < 1.29 is 4.79 Å². The number of carbonyl (C=O) groups excluding carboxylic acids is 1. The average molecular weight is 275 g/mol. The molecule has 1 amide bonds. The minimum atomic E-state index is 0.0461. The number of rotatable bonds is 5. The number of likely N-dealkylation sites (tertiary alicyclic amines) is 1. The largest absolute Gasteiger partial charge is 0.348 e. The van der Waals surface area contributed by atoms with E-state index in [2.05, 4.69) is 10.2 Å². The quantitative estimate of drug-likeness (QED) is 0.859. The summed E-state index contributed by atoms with van der Waals surface area (Å²) in [5.41, 5.74) is 6.92. The van der Waals surface area contributed by atoms with E-state index in [0.717, 1.165) is 24.9 Å². The minimum absolute atomic E-state index is 0.0461. The van der Waals surface area contributed by atoms with Crippen molar-refractivity contribution in [3.8, 4) is 0 Å². The number of piperidine rings is 1. The van der Waals surface area contributed by atoms with Crippen molar-refractivity contribution in [2.24, 2.45) is 5.73 Å². The molecule has 0 bridgehead atoms. The molecule has 1 aliphatic heterocycles. The van der Waals surface area contributed by atoms with Crippen LogP contribution in [0.3, 0.4) is 0 Å². The lowest BCUT2D eigenvalue weighted by Gasteiger charge is -2.34. The van der Waals surface area contributed by atoms with Crippen LogP contribution in [0.15, 0.2) is 30.3 Å². The summed E-state index contributed by atoms with van der Waals surface area (Å²) >= 11 is 0. The van der Waals surface area contributed by atoms with Crippen molar-refractivity contribution >= 4 is 5.91 Å². The molecule has 1 saturated heterocycles. The predicted molar refractivity (Wildman–Crippen MR) is 81.3 cm³/mol. The van der Waals surface area contributed by atoms with Gasteiger partial charge in [0.25, 0.3) is 0 Å². The lowest BCUT2D eigenvalue weighted by Crippen LogP contribution is -2.48. The van der Waals surface area contributed by atoms with E-state index in [1.54, 1.807) is 0 Å². The molecule has 20 heavy (non-hydrogen) atoms. The molecule has 2 unspecified atom stereocenters. The monoisotopic (exact) mass is 275 g/mol. The third-order valence-corrected chi connectivity index (χ3v) is 4.04. The van der Waals surface area contributed by atoms with Crippen LogP contribution < -0.4 is 11.1 Å². The fraction of sp³-hybridized carbons (Fsp3) is 0.562. The smallest absolute Gasteiger partial charge is 0.234 e. The highest BCUT2D eigenvalue weighted by molar-refractivity contribution is 5.78. The van der Waals surface area contributed by atoms with Crippen LogP contribution in [0.1, 0.15) is 37.8 Å². The number of nitrogens with zero attached hydrogens (tertiary/aromatic N) is 1. The maximum absolute atomic E-state index is 12.2. The van der Waals surface area contributed by atoms with Crippen LogP contribution >= 0.6 is 0 Å². The number of carbonyl (C=O) groups is 1. The van der Waals surface area contributed by atoms with Crippen molar-refractivity contribution in [1.29, 1.82) is 0 Å². The molecule has 1 heterocycles. The molecule has 0 spiro atoms. The number of benzene rings is 1. The highest BCUT2D eigenvalue weighted by Gasteiger charge is 2.23. The van der Waals surface area contributed by atoms with Gasteiger partial charge >= 0.3 is 0 Å². The Bertz CT molecular complexity index is 421. The minimum Gasteiger partial charge on any atom is -0.348 e. The van der Waals surface area contributed by atoms with E-state index in [-0.39, 0.29) is 11.9 Å². The first-order chi connectivity index (χ1) is 9.70. The number of amides is 1. The molecule has 1 aliphatic rings. The molecule has 110 valence electrons. The number of hydrogen-bond donors (Lipinski definition) is 2. The third-order valence-electron chi connectivity index (χ3n) is 4.04. The summed E-state index contributed by atoms with van der Waals surface area (Å²) < 4.78 is 0. The van der Waals surface area contributed by atoms with E-state index in [0.29, 0.717) is 19.1 Å². The first-order valence-corrected chi connectivity index (χ1v) is 7.49. The molecule has 4 nitrogen and oxygen atoms in total. The Morgan fingerprint density at radius 3 is 2.85 bits per heavy atom. The molecular weight excluding hydrogens is 250 g/mol. The normalized spacial score (nSPS) is 21.4. The van der Waals surface area contributed by atoms with Gasteiger partial charge in [-0.05, 0) is 31.9 Å². The van der Waals surface area contributed by atoms with Gasteiger partial charge in [0.05, 0.1) is 12.6 Å². The molecule has 2 rings (SSSR count). The SMILES string of the molecule is CC(NC(=O)CN1CCCCC1CN)c1ccccc1. The van der Waals surface area contributed by atoms with Crippen molar-refractivity contribution in [3.05, 3.63) is 35.9 Å². The zero-order valence-corrected chi connectivity index (χ0v) is 12.2. The Kier molecular flexibility index (Phi) is 5.56. The molecule has 0 aliphatic carbocycles. The van der Waals surface area contributed by atoms with Crippen molar-refractivity contribution in [3.63, 3.8) is 0 Å². The van der Waals surface area contributed by atoms with E-state index >= 15 is 0 Å². The van der Waals surface area contributed by atoms with Gasteiger partial charge in [0.1, 0.15) is 0 Å². The van der Waals surface area contributed by atoms with E-state index in [1.807, 2.05) is 37.3 Å². The van der Waals surface area contributed by atoms with Gasteiger partial charge in [0.2, 0.25) is 5.91 Å². The fourth-order valence-electron chi connectivity index (χ4n) is 2.83. The van der Waals surface area contributed by atoms with Crippen LogP contribution in [0.4, 0.5) is 0 Å². The van der Waals surface area contributed by atoms with Gasteiger partial charge in [-0.15, -0.1) is 0 Å². The molecule has 1 aromatic rings. The van der Waals surface area contributed by atoms with Gasteiger partial charge in [-0.1, -0.05) is 36.8 Å². The Morgan fingerprint density at radius 1 is 1.40 bits per heavy atom. The van der Waals surface area contributed by atoms with Crippen LogP contribution in [0, 0.1) is 0 Å². The first kappa shape index (κ1) is 15.0. The van der Waals surface area contributed by atoms with Gasteiger partial charge in [-0.3, -0.25) is 9.69 Å². The summed E-state index contributed by atoms with van der Waals surface area (Å²) in [6.07, 6.45) is 3.50. The second-order valence-electron chi connectivity index (χ2n) is 5.56. The highest BCUT2D eigenvalue weighted by atomic mass is 16.2. The second-order valence-corrected chi connectivity index (χ2v) is 5.56. The Balaban J connectivity index is 1.85. The molecule has 2 atom stereocenters. The van der Waals surface area contributed by atoms with Crippen LogP contribution in [0.2, 0.25) is 0 Å². The van der Waals surface area contributed by atoms with Crippen LogP contribution in [-0.4, -0.2) is 36.5 Å². The predicted octanol–water partition coefficient (Wildman–Crippen LogP) is 1.68. The summed E-state index contributed by atoms with van der Waals surface area (Å²) in [6, 6.07) is 10.5. The Morgan fingerprint density at radius 2 is 2.15 bits per heavy atom. The second kappa shape index (κ2) is 7.41. The standard InChI is InChI=1S/C16H25N3O/c1-13(14-7-3-2-4-8-14)18-16(20)12-19-10-6-5-9-15(19)11-17/h2-4,7-8,13,15H,5-6,9-12,17H2,1H3,(H,18,20). The highest BCUT2D eigenvalue weighted by Crippen LogP contribution is 2.16. The zero-order valence-electron chi connectivity index (χ0n) is 12.2. The summed E-state index contributed by atoms with van der Waals surface area (Å²) in [4.78, 5) is 14.4. The molecule has 1 fully saturated rings. The third kappa shape index (κ3) is 4.05. The van der Waals surface area contributed by atoms with Crippen LogP contribution in [0.5, 0.6) is 0 Å². The van der Waals surface area contributed by atoms with E-state index < -0.39 is 0 Å². The molecule has 0 saturated carbocycles. The molecular formula is C16H25N3O. The molecule has 1 aromatic carbocycles. The Hall–Kier alpha value is -1.39. The van der Waals surface area contributed by atoms with Gasteiger partial charge in [0.15, 0.2) is 0 Å². The van der Waals surface area contributed by atoms with Crippen LogP contribution in [-0.2, 0) is 4.79 Å². The maximum atomic E-state index is 12.2. The fourth-order valence-corrected chi connectivity index (χ4v) is 2.83. The summed E-state index contributed by atoms with van der Waals surface area (Å²) in [5, 5.41) is 3.07. The van der Waals surface area contributed by atoms with Crippen molar-refractivity contribution in [2.45, 2.75) is 38.3 Å². The lowest BCUT2D eigenvalue weighted by molar-refractivity contribution is -0.123. The van der Waals surface area contributed by atoms with E-state index in [9.17, 15) is 4.79 Å². The molecule has 0 aromatic heterocycles. The summed E-state index contributed by atoms with van der Waals surface area (Å²) in [5.74, 6) is 0.0849. The van der Waals surface area contributed by atoms with Gasteiger partial charge in [-0.2, -0.15) is 0 Å². The molecule has 4 heteroatoms. The Labute approximate surface area is 121 Å². The first-order valence-electron chi connectivity index (χ1n) is 7.49. The topological polar surface area (TPSA) is 58.4 Å². The van der Waals surface area contributed by atoms with Crippen molar-refractivity contribution in [2.75, 3.05) is 19.6 Å². The average Bonchev–Trinajstić information content (AvgIpc) is 2.48. The van der Waals surface area contributed by atoms with Crippen molar-refractivity contribution in [1.82, 2.24) is 10.2 Å². The van der Waals surface area contributed by atoms with E-state index in [1.165, 1.54) is 6.42 Å². The van der Waals surface area contributed by atoms with Gasteiger partial charge in [0, 0.05) is 12.6 Å². The van der Waals surface area contributed by atoms with Gasteiger partial charge in [-0.25, -0.2) is 0 Å². The summed E-state index contributed by atoms with van der Waals surface area (Å²) in [7, 11) is 0. The summed E-state index contributed by atoms with van der Waals surface area (Å²) in [6.45, 7) is 4.10. The zero-order chi connectivity index (χ0) is 14.4. The number of hydrogen-bond acceptors (Lipinski definition) is 3. The number of nitrogens with one attached hydrogen (secondary N) is 1. The number of nitrogens with two attached hydrogens (primary N) is 1. The van der Waals surface area contributed by atoms with Crippen LogP contribution in [0.25, 0.3) is 0 Å². The molecule has 0 radical (unpaired) electrons. The van der Waals surface area contributed by atoms with Gasteiger partial charge < -0.3 is 11.1 Å².